The van der Waals surface area contributed by atoms with Crippen LogP contribution in [0.15, 0.2) is 36.7 Å². The van der Waals surface area contributed by atoms with Gasteiger partial charge in [0.15, 0.2) is 18.5 Å². The Kier molecular flexibility index (Phi) is 4.70. The number of halogens is 1. The van der Waals surface area contributed by atoms with E-state index < -0.39 is 24.5 Å². The number of aromatic hydroxyl groups is 1. The van der Waals surface area contributed by atoms with Gasteiger partial charge in [0.1, 0.15) is 11.9 Å². The lowest BCUT2D eigenvalue weighted by Crippen LogP contribution is -3.00. The standard InChI is InChI=1S/C22H22N2O4.ClH/c1-10-16-9-24(22-21(27)20(26)12(3)28-22)7-6-14(16)11(2)19-18(10)15-8-13(25)4-5-17(15)23-19;/h4-9,12,20-22,25-27H,1-3H3;1H. The van der Waals surface area contributed by atoms with Crippen LogP contribution in [0, 0.1) is 13.8 Å². The van der Waals surface area contributed by atoms with E-state index in [1.165, 1.54) is 0 Å². The van der Waals surface area contributed by atoms with E-state index in [1.807, 2.05) is 29.1 Å². The highest BCUT2D eigenvalue weighted by Gasteiger charge is 2.46. The summed E-state index contributed by atoms with van der Waals surface area (Å²) < 4.78 is 7.60. The van der Waals surface area contributed by atoms with Crippen LogP contribution in [0.2, 0.25) is 0 Å². The Labute approximate surface area is 173 Å². The van der Waals surface area contributed by atoms with E-state index in [-0.39, 0.29) is 18.2 Å². The van der Waals surface area contributed by atoms with Gasteiger partial charge in [-0.2, -0.15) is 4.57 Å². The number of nitrogens with one attached hydrogen (secondary N) is 1. The number of aliphatic hydroxyl groups is 2. The van der Waals surface area contributed by atoms with Crippen molar-refractivity contribution in [3.63, 3.8) is 0 Å². The van der Waals surface area contributed by atoms with E-state index in [0.29, 0.717) is 0 Å². The van der Waals surface area contributed by atoms with Crippen LogP contribution in [0.4, 0.5) is 0 Å². The Bertz CT molecular complexity index is 1250. The molecule has 1 saturated heterocycles. The van der Waals surface area contributed by atoms with Gasteiger partial charge in [0.25, 0.3) is 6.23 Å². The predicted molar refractivity (Wildman–Crippen MR) is 106 cm³/mol. The Hall–Kier alpha value is -2.38. The third-order valence-electron chi connectivity index (χ3n) is 6.09. The van der Waals surface area contributed by atoms with Crippen molar-refractivity contribution >= 4 is 32.6 Å². The molecule has 4 atom stereocenters. The summed E-state index contributed by atoms with van der Waals surface area (Å²) in [6.45, 7) is 5.90. The summed E-state index contributed by atoms with van der Waals surface area (Å²) in [5, 5.41) is 34.6. The van der Waals surface area contributed by atoms with Gasteiger partial charge in [-0.3, -0.25) is 0 Å². The van der Waals surface area contributed by atoms with Crippen LogP contribution in [0.1, 0.15) is 24.3 Å². The molecule has 29 heavy (non-hydrogen) atoms. The second-order valence-electron chi connectivity index (χ2n) is 7.79. The van der Waals surface area contributed by atoms with E-state index in [9.17, 15) is 15.3 Å². The highest BCUT2D eigenvalue weighted by atomic mass is 35.5. The summed E-state index contributed by atoms with van der Waals surface area (Å²) in [4.78, 5) is 3.48. The summed E-state index contributed by atoms with van der Waals surface area (Å²) in [5.41, 5.74) is 4.25. The van der Waals surface area contributed by atoms with Crippen LogP contribution in [0.25, 0.3) is 32.6 Å². The molecule has 0 saturated carbocycles. The molecule has 152 valence electrons. The molecule has 2 aromatic heterocycles. The van der Waals surface area contributed by atoms with Gasteiger partial charge in [-0.25, -0.2) is 0 Å². The Balaban J connectivity index is 0.00000205. The van der Waals surface area contributed by atoms with E-state index in [0.717, 1.165) is 43.7 Å². The minimum Gasteiger partial charge on any atom is -1.00 e. The van der Waals surface area contributed by atoms with Gasteiger partial charge >= 0.3 is 0 Å². The lowest BCUT2D eigenvalue weighted by molar-refractivity contribution is -0.764. The van der Waals surface area contributed by atoms with Gasteiger partial charge in [-0.15, -0.1) is 0 Å². The second kappa shape index (κ2) is 6.85. The van der Waals surface area contributed by atoms with Gasteiger partial charge in [-0.05, 0) is 55.5 Å². The average Bonchev–Trinajstić information content (AvgIpc) is 3.18. The van der Waals surface area contributed by atoms with Crippen molar-refractivity contribution in [1.82, 2.24) is 4.98 Å². The lowest BCUT2D eigenvalue weighted by atomic mass is 9.97. The van der Waals surface area contributed by atoms with Crippen LogP contribution in [0.3, 0.4) is 0 Å². The third-order valence-corrected chi connectivity index (χ3v) is 6.09. The molecule has 0 amide bonds. The number of H-pyrrole nitrogens is 1. The monoisotopic (exact) mass is 414 g/mol. The second-order valence-corrected chi connectivity index (χ2v) is 7.79. The zero-order valence-electron chi connectivity index (χ0n) is 16.3. The molecule has 4 N–H and O–H groups in total. The van der Waals surface area contributed by atoms with Crippen molar-refractivity contribution in [2.75, 3.05) is 0 Å². The molecule has 1 fully saturated rings. The lowest BCUT2D eigenvalue weighted by Gasteiger charge is -2.12. The molecule has 1 aliphatic rings. The normalized spacial score (nSPS) is 24.4. The first kappa shape index (κ1) is 19.9. The maximum atomic E-state index is 10.4. The minimum absolute atomic E-state index is 0. The number of rotatable bonds is 1. The predicted octanol–water partition coefficient (Wildman–Crippen LogP) is -0.273. The van der Waals surface area contributed by atoms with Crippen LogP contribution < -0.4 is 17.0 Å². The molecule has 3 heterocycles. The molecule has 0 bridgehead atoms. The zero-order chi connectivity index (χ0) is 19.7. The number of hydrogen-bond acceptors (Lipinski definition) is 4. The Morgan fingerprint density at radius 1 is 1.00 bits per heavy atom. The molecule has 5 rings (SSSR count). The van der Waals surface area contributed by atoms with Crippen molar-refractivity contribution in [2.24, 2.45) is 0 Å². The molecule has 0 radical (unpaired) electrons. The number of phenols is 1. The van der Waals surface area contributed by atoms with Crippen LogP contribution in [-0.2, 0) is 4.74 Å². The number of phenolic OH excluding ortho intramolecular Hbond substituents is 1. The number of ether oxygens (including phenoxy) is 1. The van der Waals surface area contributed by atoms with E-state index in [1.54, 1.807) is 19.1 Å². The fraction of sp³-hybridized carbons (Fsp3) is 0.318. The first-order valence-corrected chi connectivity index (χ1v) is 9.46. The molecule has 4 unspecified atom stereocenters. The Morgan fingerprint density at radius 2 is 1.76 bits per heavy atom. The quantitative estimate of drug-likeness (QED) is 0.323. The van der Waals surface area contributed by atoms with Gasteiger partial charge in [0, 0.05) is 27.7 Å². The van der Waals surface area contributed by atoms with Gasteiger partial charge < -0.3 is 37.4 Å². The number of nitrogens with zero attached hydrogens (tertiary/aromatic N) is 1. The molecular formula is C22H23ClN2O4. The van der Waals surface area contributed by atoms with Crippen molar-refractivity contribution in [3.05, 3.63) is 47.8 Å². The number of aliphatic hydroxyl groups excluding tert-OH is 2. The average molecular weight is 415 g/mol. The van der Waals surface area contributed by atoms with Crippen LogP contribution in [0.5, 0.6) is 5.75 Å². The molecule has 0 aliphatic carbocycles. The van der Waals surface area contributed by atoms with Crippen LogP contribution >= 0.6 is 0 Å². The smallest absolute Gasteiger partial charge is 0.291 e. The molecular weight excluding hydrogens is 392 g/mol. The Morgan fingerprint density at radius 3 is 2.45 bits per heavy atom. The molecule has 7 heteroatoms. The molecule has 2 aromatic carbocycles. The van der Waals surface area contributed by atoms with Crippen molar-refractivity contribution in [3.8, 4) is 5.75 Å². The van der Waals surface area contributed by atoms with E-state index in [2.05, 4.69) is 18.8 Å². The van der Waals surface area contributed by atoms with Crippen molar-refractivity contribution in [2.45, 2.75) is 45.3 Å². The van der Waals surface area contributed by atoms with Gasteiger partial charge in [0.05, 0.1) is 11.6 Å². The number of fused-ring (bicyclic) bond motifs is 4. The summed E-state index contributed by atoms with van der Waals surface area (Å²) in [5.74, 6) is 0.235. The SMILES string of the molecule is Cc1c2cc[n+](C3OC(C)C(O)C3O)cc2c(C)c2c1[nH]c1ccc(O)cc12.[Cl-]. The van der Waals surface area contributed by atoms with E-state index >= 15 is 0 Å². The first-order chi connectivity index (χ1) is 13.4. The largest absolute Gasteiger partial charge is 1.00 e. The fourth-order valence-corrected chi connectivity index (χ4v) is 4.49. The number of benzene rings is 2. The molecule has 4 aromatic rings. The minimum atomic E-state index is -0.979. The molecule has 0 spiro atoms. The summed E-state index contributed by atoms with van der Waals surface area (Å²) in [7, 11) is 0. The summed E-state index contributed by atoms with van der Waals surface area (Å²) >= 11 is 0. The maximum Gasteiger partial charge on any atom is 0.291 e. The number of aryl methyl sites for hydroxylation is 2. The highest BCUT2D eigenvalue weighted by molar-refractivity contribution is 6.16. The molecule has 6 nitrogen and oxygen atoms in total. The fourth-order valence-electron chi connectivity index (χ4n) is 4.49. The number of aromatic amines is 1. The van der Waals surface area contributed by atoms with Crippen LogP contribution in [-0.4, -0.2) is 38.6 Å². The summed E-state index contributed by atoms with van der Waals surface area (Å²) in [6, 6.07) is 7.37. The zero-order valence-corrected chi connectivity index (χ0v) is 17.1. The number of aromatic nitrogens is 2. The first-order valence-electron chi connectivity index (χ1n) is 9.46. The van der Waals surface area contributed by atoms with Crippen molar-refractivity contribution < 1.29 is 37.0 Å². The molecule has 1 aliphatic heterocycles. The van der Waals surface area contributed by atoms with Gasteiger partial charge in [0.2, 0.25) is 0 Å². The van der Waals surface area contributed by atoms with Crippen molar-refractivity contribution in [1.29, 1.82) is 0 Å². The van der Waals surface area contributed by atoms with Gasteiger partial charge in [-0.1, -0.05) is 0 Å². The number of pyridine rings is 1. The topological polar surface area (TPSA) is 89.6 Å². The highest BCUT2D eigenvalue weighted by Crippen LogP contribution is 2.37. The number of hydrogen-bond donors (Lipinski definition) is 4. The third kappa shape index (κ3) is 2.79. The maximum absolute atomic E-state index is 10.4. The summed E-state index contributed by atoms with van der Waals surface area (Å²) in [6.07, 6.45) is 0.912. The van der Waals surface area contributed by atoms with E-state index in [4.69, 9.17) is 4.74 Å².